The van der Waals surface area contributed by atoms with E-state index in [1.807, 2.05) is 13.1 Å². The summed E-state index contributed by atoms with van der Waals surface area (Å²) in [6.45, 7) is 8.96. The maximum absolute atomic E-state index is 5.42. The average Bonchev–Trinajstić information content (AvgIpc) is 2.84. The summed E-state index contributed by atoms with van der Waals surface area (Å²) in [5.74, 6) is 2.58. The zero-order valence-corrected chi connectivity index (χ0v) is 23.1. The Morgan fingerprint density at radius 3 is 2.18 bits per heavy atom. The quantitative estimate of drug-likeness (QED) is 0.204. The number of ether oxygens (including phenoxy) is 2. The van der Waals surface area contributed by atoms with Crippen LogP contribution < -0.4 is 25.0 Å². The fraction of sp³-hybridized carbons (Fsp3) is 0.708. The Bertz CT molecular complexity index is 697. The van der Waals surface area contributed by atoms with Gasteiger partial charge in [-0.1, -0.05) is 0 Å². The summed E-state index contributed by atoms with van der Waals surface area (Å²) < 4.78 is 10.8. The summed E-state index contributed by atoms with van der Waals surface area (Å²) in [7, 11) is 7.45. The summed E-state index contributed by atoms with van der Waals surface area (Å²) in [5.41, 5.74) is 1.16. The highest BCUT2D eigenvalue weighted by Crippen LogP contribution is 2.30. The first kappa shape index (κ1) is 27.8. The third kappa shape index (κ3) is 9.01. The molecule has 0 bridgehead atoms. The van der Waals surface area contributed by atoms with Crippen LogP contribution in [0.2, 0.25) is 0 Å². The molecule has 3 rings (SSSR count). The number of hydrogen-bond acceptors (Lipinski definition) is 6. The highest BCUT2D eigenvalue weighted by molar-refractivity contribution is 14.0. The lowest BCUT2D eigenvalue weighted by atomic mass is 10.0. The number of nitrogens with one attached hydrogen (secondary N) is 2. The Morgan fingerprint density at radius 2 is 1.61 bits per heavy atom. The number of halogens is 1. The molecule has 0 saturated carbocycles. The first-order valence-electron chi connectivity index (χ1n) is 12.0. The van der Waals surface area contributed by atoms with Gasteiger partial charge in [0.2, 0.25) is 0 Å². The number of rotatable bonds is 9. The molecule has 0 amide bonds. The Hall–Kier alpha value is -1.46. The number of hydrogen-bond donors (Lipinski definition) is 2. The zero-order chi connectivity index (χ0) is 22.8. The van der Waals surface area contributed by atoms with E-state index in [4.69, 9.17) is 9.47 Å². The van der Waals surface area contributed by atoms with Crippen molar-refractivity contribution in [1.29, 1.82) is 0 Å². The number of unbranched alkanes of at least 4 members (excludes halogenated alkanes) is 1. The fourth-order valence-corrected chi connectivity index (χ4v) is 4.38. The lowest BCUT2D eigenvalue weighted by Crippen LogP contribution is -2.49. The maximum Gasteiger partial charge on any atom is 0.191 e. The molecule has 2 saturated heterocycles. The Morgan fingerprint density at radius 1 is 0.970 bits per heavy atom. The summed E-state index contributed by atoms with van der Waals surface area (Å²) in [5, 5.41) is 7.11. The van der Waals surface area contributed by atoms with Crippen molar-refractivity contribution in [2.75, 3.05) is 85.6 Å². The monoisotopic (exact) mass is 574 g/mol. The third-order valence-electron chi connectivity index (χ3n) is 6.55. The molecule has 8 nitrogen and oxygen atoms in total. The number of anilines is 1. The molecule has 0 spiro atoms. The van der Waals surface area contributed by atoms with Crippen molar-refractivity contribution in [3.8, 4) is 11.5 Å². The van der Waals surface area contributed by atoms with Gasteiger partial charge in [0.1, 0.15) is 11.5 Å². The molecule has 2 fully saturated rings. The van der Waals surface area contributed by atoms with Crippen LogP contribution in [0.4, 0.5) is 5.69 Å². The van der Waals surface area contributed by atoms with Gasteiger partial charge >= 0.3 is 0 Å². The van der Waals surface area contributed by atoms with Gasteiger partial charge in [0.05, 0.1) is 14.2 Å². The zero-order valence-electron chi connectivity index (χ0n) is 20.8. The average molecular weight is 575 g/mol. The smallest absolute Gasteiger partial charge is 0.191 e. The lowest BCUT2D eigenvalue weighted by Gasteiger charge is -2.35. The van der Waals surface area contributed by atoms with Crippen LogP contribution in [0.5, 0.6) is 11.5 Å². The van der Waals surface area contributed by atoms with Crippen LogP contribution in [0.1, 0.15) is 25.7 Å². The van der Waals surface area contributed by atoms with Gasteiger partial charge in [-0.2, -0.15) is 0 Å². The maximum atomic E-state index is 5.42. The molecule has 0 unspecified atom stereocenters. The topological polar surface area (TPSA) is 64.6 Å². The Balaban J connectivity index is 0.00000385. The minimum atomic E-state index is 0. The van der Waals surface area contributed by atoms with Crippen molar-refractivity contribution < 1.29 is 9.47 Å². The molecule has 2 aliphatic heterocycles. The van der Waals surface area contributed by atoms with E-state index in [0.717, 1.165) is 55.6 Å². The molecule has 188 valence electrons. The first-order valence-corrected chi connectivity index (χ1v) is 12.0. The lowest BCUT2D eigenvalue weighted by molar-refractivity contribution is 0.152. The molecular weight excluding hydrogens is 531 g/mol. The van der Waals surface area contributed by atoms with E-state index >= 15 is 0 Å². The highest BCUT2D eigenvalue weighted by Gasteiger charge is 2.21. The second-order valence-electron chi connectivity index (χ2n) is 8.83. The van der Waals surface area contributed by atoms with Crippen molar-refractivity contribution in [2.45, 2.75) is 31.7 Å². The van der Waals surface area contributed by atoms with Gasteiger partial charge < -0.3 is 34.8 Å². The summed E-state index contributed by atoms with van der Waals surface area (Å²) in [4.78, 5) is 11.8. The number of piperidine rings is 1. The first-order chi connectivity index (χ1) is 15.6. The van der Waals surface area contributed by atoms with Crippen LogP contribution in [0.25, 0.3) is 0 Å². The van der Waals surface area contributed by atoms with E-state index in [-0.39, 0.29) is 24.0 Å². The van der Waals surface area contributed by atoms with Gasteiger partial charge in [-0.25, -0.2) is 0 Å². The van der Waals surface area contributed by atoms with Crippen LogP contribution in [0.15, 0.2) is 23.2 Å². The van der Waals surface area contributed by atoms with Crippen molar-refractivity contribution >= 4 is 35.6 Å². The van der Waals surface area contributed by atoms with Crippen molar-refractivity contribution in [2.24, 2.45) is 4.99 Å². The van der Waals surface area contributed by atoms with Crippen LogP contribution in [-0.2, 0) is 0 Å². The normalized spacial score (nSPS) is 18.5. The summed E-state index contributed by atoms with van der Waals surface area (Å²) >= 11 is 0. The Kier molecular flexibility index (Phi) is 12.4. The molecule has 1 aromatic rings. The molecule has 0 atom stereocenters. The molecule has 2 aliphatic rings. The van der Waals surface area contributed by atoms with Gasteiger partial charge in [-0.05, 0) is 39.3 Å². The molecule has 2 heterocycles. The van der Waals surface area contributed by atoms with E-state index in [1.54, 1.807) is 14.2 Å². The van der Waals surface area contributed by atoms with E-state index in [0.29, 0.717) is 6.04 Å². The van der Waals surface area contributed by atoms with E-state index in [1.165, 1.54) is 45.6 Å². The minimum absolute atomic E-state index is 0. The number of nitrogens with zero attached hydrogens (tertiary/aromatic N) is 4. The Labute approximate surface area is 217 Å². The van der Waals surface area contributed by atoms with Crippen LogP contribution >= 0.6 is 24.0 Å². The summed E-state index contributed by atoms with van der Waals surface area (Å²) in [6.07, 6.45) is 4.55. The standard InChI is InChI=1S/C24H42N6O2.HI/c1-25-24(26-9-5-6-10-29-15-13-28(2)14-16-29)27-20-7-11-30(12-8-20)21-17-22(31-3)19-23(18-21)32-4;/h17-20H,5-16H2,1-4H3,(H2,25,26,27);1H. The van der Waals surface area contributed by atoms with Crippen LogP contribution in [0.3, 0.4) is 0 Å². The van der Waals surface area contributed by atoms with Gasteiger partial charge in [-0.3, -0.25) is 4.99 Å². The molecule has 0 aromatic heterocycles. The van der Waals surface area contributed by atoms with Gasteiger partial charge in [0.15, 0.2) is 5.96 Å². The number of aliphatic imine (C=N–C) groups is 1. The van der Waals surface area contributed by atoms with Crippen LogP contribution in [-0.4, -0.2) is 102 Å². The molecule has 0 radical (unpaired) electrons. The molecule has 0 aliphatic carbocycles. The fourth-order valence-electron chi connectivity index (χ4n) is 4.38. The molecule has 33 heavy (non-hydrogen) atoms. The van der Waals surface area contributed by atoms with Gasteiger partial charge in [0.25, 0.3) is 0 Å². The second-order valence-corrected chi connectivity index (χ2v) is 8.83. The molecule has 2 N–H and O–H groups in total. The van der Waals surface area contributed by atoms with E-state index < -0.39 is 0 Å². The van der Waals surface area contributed by atoms with Crippen molar-refractivity contribution in [3.63, 3.8) is 0 Å². The largest absolute Gasteiger partial charge is 0.497 e. The van der Waals surface area contributed by atoms with E-state index in [2.05, 4.69) is 49.5 Å². The van der Waals surface area contributed by atoms with E-state index in [9.17, 15) is 0 Å². The SMILES string of the molecule is CN=C(NCCCCN1CCN(C)CC1)NC1CCN(c2cc(OC)cc(OC)c2)CC1.I. The highest BCUT2D eigenvalue weighted by atomic mass is 127. The minimum Gasteiger partial charge on any atom is -0.497 e. The predicted molar refractivity (Wildman–Crippen MR) is 148 cm³/mol. The second kappa shape index (κ2) is 14.7. The number of benzene rings is 1. The number of guanidine groups is 1. The third-order valence-corrected chi connectivity index (χ3v) is 6.55. The number of piperazine rings is 1. The molecule has 9 heteroatoms. The molecular formula is C24H43IN6O2. The van der Waals surface area contributed by atoms with Gasteiger partial charge in [0, 0.05) is 82.8 Å². The van der Waals surface area contributed by atoms with Crippen LogP contribution in [0, 0.1) is 0 Å². The predicted octanol–water partition coefficient (Wildman–Crippen LogP) is 2.48. The molecule has 1 aromatic carbocycles. The van der Waals surface area contributed by atoms with Gasteiger partial charge in [-0.15, -0.1) is 24.0 Å². The number of methoxy groups -OCH3 is 2. The van der Waals surface area contributed by atoms with Crippen molar-refractivity contribution in [3.05, 3.63) is 18.2 Å². The number of likely N-dealkylation sites (N-methyl/N-ethyl adjacent to an activating group) is 1. The van der Waals surface area contributed by atoms with Crippen molar-refractivity contribution in [1.82, 2.24) is 20.4 Å². The summed E-state index contributed by atoms with van der Waals surface area (Å²) in [6, 6.07) is 6.52.